The molecule has 2 heteroatoms. The van der Waals surface area contributed by atoms with Crippen LogP contribution in [0, 0.1) is 0 Å². The van der Waals surface area contributed by atoms with E-state index in [-0.39, 0.29) is 5.97 Å². The summed E-state index contributed by atoms with van der Waals surface area (Å²) in [6, 6.07) is 8.35. The second-order valence-electron chi connectivity index (χ2n) is 4.28. The molecule has 0 aliphatic carbocycles. The minimum atomic E-state index is -0.312. The van der Waals surface area contributed by atoms with Crippen molar-refractivity contribution in [3.05, 3.63) is 41.5 Å². The van der Waals surface area contributed by atoms with E-state index >= 15 is 0 Å². The maximum Gasteiger partial charge on any atom is 0.330 e. The first-order chi connectivity index (χ1) is 8.08. The van der Waals surface area contributed by atoms with Crippen LogP contribution in [0.1, 0.15) is 44.2 Å². The minimum Gasteiger partial charge on any atom is -0.466 e. The third-order valence-corrected chi connectivity index (χ3v) is 3.08. The zero-order chi connectivity index (χ0) is 12.8. The summed E-state index contributed by atoms with van der Waals surface area (Å²) in [5.74, 6) is 0.266. The molecule has 0 heterocycles. The number of allylic oxidation sites excluding steroid dienone is 1. The van der Waals surface area contributed by atoms with Crippen molar-refractivity contribution in [3.8, 4) is 0 Å². The predicted octanol–water partition coefficient (Wildman–Crippen LogP) is 3.78. The van der Waals surface area contributed by atoms with Crippen LogP contribution in [-0.2, 0) is 9.53 Å². The van der Waals surface area contributed by atoms with Crippen LogP contribution in [-0.4, -0.2) is 13.1 Å². The summed E-state index contributed by atoms with van der Waals surface area (Å²) in [4.78, 5) is 11.1. The molecule has 0 aliphatic rings. The summed E-state index contributed by atoms with van der Waals surface area (Å²) in [7, 11) is 1.39. The molecule has 17 heavy (non-hydrogen) atoms. The normalized spacial score (nSPS) is 13.3. The van der Waals surface area contributed by atoms with Gasteiger partial charge in [0, 0.05) is 6.08 Å². The first-order valence-corrected chi connectivity index (χ1v) is 5.95. The smallest absolute Gasteiger partial charge is 0.330 e. The van der Waals surface area contributed by atoms with Crippen molar-refractivity contribution in [2.45, 2.75) is 33.1 Å². The van der Waals surface area contributed by atoms with E-state index in [9.17, 15) is 4.79 Å². The van der Waals surface area contributed by atoms with E-state index < -0.39 is 0 Å². The molecule has 0 fully saturated rings. The summed E-state index contributed by atoms with van der Waals surface area (Å²) >= 11 is 0. The monoisotopic (exact) mass is 232 g/mol. The standard InChI is InChI=1S/C15H20O2/c1-5-11(2)13-6-8-14(9-7-13)12(3)10-15(16)17-4/h6-11H,5H2,1-4H3. The quantitative estimate of drug-likeness (QED) is 0.583. The number of benzene rings is 1. The van der Waals surface area contributed by atoms with Crippen LogP contribution in [0.25, 0.3) is 5.57 Å². The molecule has 0 spiro atoms. The van der Waals surface area contributed by atoms with E-state index in [1.165, 1.54) is 18.7 Å². The van der Waals surface area contributed by atoms with Gasteiger partial charge in [0.05, 0.1) is 7.11 Å². The summed E-state index contributed by atoms with van der Waals surface area (Å²) in [6.45, 7) is 6.31. The van der Waals surface area contributed by atoms with Gasteiger partial charge >= 0.3 is 5.97 Å². The fraction of sp³-hybridized carbons (Fsp3) is 0.400. The van der Waals surface area contributed by atoms with Gasteiger partial charge < -0.3 is 4.74 Å². The SMILES string of the molecule is CCC(C)c1ccc(C(C)=CC(=O)OC)cc1. The Balaban J connectivity index is 2.87. The second-order valence-corrected chi connectivity index (χ2v) is 4.28. The van der Waals surface area contributed by atoms with Gasteiger partial charge in [-0.15, -0.1) is 0 Å². The number of carbonyl (C=O) groups is 1. The van der Waals surface area contributed by atoms with E-state index in [0.29, 0.717) is 5.92 Å². The maximum absolute atomic E-state index is 11.1. The van der Waals surface area contributed by atoms with Gasteiger partial charge in [0.15, 0.2) is 0 Å². The van der Waals surface area contributed by atoms with Gasteiger partial charge in [-0.1, -0.05) is 38.1 Å². The zero-order valence-corrected chi connectivity index (χ0v) is 11.0. The van der Waals surface area contributed by atoms with Gasteiger partial charge in [-0.2, -0.15) is 0 Å². The highest BCUT2D eigenvalue weighted by Gasteiger charge is 2.04. The highest BCUT2D eigenvalue weighted by atomic mass is 16.5. The molecule has 0 saturated heterocycles. The fourth-order valence-electron chi connectivity index (χ4n) is 1.63. The Morgan fingerprint density at radius 2 is 1.94 bits per heavy atom. The number of esters is 1. The largest absolute Gasteiger partial charge is 0.466 e. The molecule has 1 aromatic carbocycles. The first-order valence-electron chi connectivity index (χ1n) is 5.95. The average Bonchev–Trinajstić information content (AvgIpc) is 2.37. The number of rotatable bonds is 4. The molecule has 0 amide bonds. The lowest BCUT2D eigenvalue weighted by atomic mass is 9.96. The summed E-state index contributed by atoms with van der Waals surface area (Å²) in [6.07, 6.45) is 2.65. The van der Waals surface area contributed by atoms with Crippen molar-refractivity contribution in [2.24, 2.45) is 0 Å². The van der Waals surface area contributed by atoms with Gasteiger partial charge in [-0.05, 0) is 36.0 Å². The molecule has 0 bridgehead atoms. The van der Waals surface area contributed by atoms with Crippen molar-refractivity contribution in [2.75, 3.05) is 7.11 Å². The molecule has 0 aromatic heterocycles. The Morgan fingerprint density at radius 3 is 2.41 bits per heavy atom. The van der Waals surface area contributed by atoms with Crippen LogP contribution < -0.4 is 0 Å². The molecule has 2 nitrogen and oxygen atoms in total. The Bertz CT molecular complexity index is 401. The highest BCUT2D eigenvalue weighted by Crippen LogP contribution is 2.21. The molecule has 0 radical (unpaired) electrons. The average molecular weight is 232 g/mol. The van der Waals surface area contributed by atoms with Gasteiger partial charge in [-0.3, -0.25) is 0 Å². The van der Waals surface area contributed by atoms with Gasteiger partial charge in [0.2, 0.25) is 0 Å². The lowest BCUT2D eigenvalue weighted by Crippen LogP contribution is -1.96. The highest BCUT2D eigenvalue weighted by molar-refractivity contribution is 5.90. The second kappa shape index (κ2) is 6.24. The minimum absolute atomic E-state index is 0.312. The number of carbonyl (C=O) groups excluding carboxylic acids is 1. The predicted molar refractivity (Wildman–Crippen MR) is 70.8 cm³/mol. The van der Waals surface area contributed by atoms with Crippen LogP contribution in [0.5, 0.6) is 0 Å². The molecular formula is C15H20O2. The van der Waals surface area contributed by atoms with Crippen LogP contribution >= 0.6 is 0 Å². The van der Waals surface area contributed by atoms with Crippen molar-refractivity contribution >= 4 is 11.5 Å². The lowest BCUT2D eigenvalue weighted by Gasteiger charge is -2.09. The van der Waals surface area contributed by atoms with Gasteiger partial charge in [-0.25, -0.2) is 4.79 Å². The van der Waals surface area contributed by atoms with E-state index in [0.717, 1.165) is 17.6 Å². The van der Waals surface area contributed by atoms with Crippen molar-refractivity contribution in [1.82, 2.24) is 0 Å². The zero-order valence-electron chi connectivity index (χ0n) is 11.0. The van der Waals surface area contributed by atoms with Crippen molar-refractivity contribution in [1.29, 1.82) is 0 Å². The van der Waals surface area contributed by atoms with Crippen molar-refractivity contribution in [3.63, 3.8) is 0 Å². The first kappa shape index (κ1) is 13.5. The third kappa shape index (κ3) is 3.74. The van der Waals surface area contributed by atoms with Crippen molar-refractivity contribution < 1.29 is 9.53 Å². The van der Waals surface area contributed by atoms with Crippen LogP contribution in [0.15, 0.2) is 30.3 Å². The fourth-order valence-corrected chi connectivity index (χ4v) is 1.63. The molecule has 92 valence electrons. The summed E-state index contributed by atoms with van der Waals surface area (Å²) in [5.41, 5.74) is 3.32. The lowest BCUT2D eigenvalue weighted by molar-refractivity contribution is -0.134. The molecule has 1 unspecified atom stereocenters. The number of hydrogen-bond donors (Lipinski definition) is 0. The molecule has 1 atom stereocenters. The molecule has 1 aromatic rings. The topological polar surface area (TPSA) is 26.3 Å². The Kier molecular flexibility index (Phi) is 4.95. The molecule has 0 aliphatic heterocycles. The Morgan fingerprint density at radius 1 is 1.35 bits per heavy atom. The van der Waals surface area contributed by atoms with Crippen LogP contribution in [0.2, 0.25) is 0 Å². The number of methoxy groups -OCH3 is 1. The molecule has 0 saturated carbocycles. The van der Waals surface area contributed by atoms with Gasteiger partial charge in [0.1, 0.15) is 0 Å². The van der Waals surface area contributed by atoms with Gasteiger partial charge in [0.25, 0.3) is 0 Å². The maximum atomic E-state index is 11.1. The molecule has 0 N–H and O–H groups in total. The third-order valence-electron chi connectivity index (χ3n) is 3.08. The van der Waals surface area contributed by atoms with E-state index in [1.807, 2.05) is 6.92 Å². The number of ether oxygens (including phenoxy) is 1. The summed E-state index contributed by atoms with van der Waals surface area (Å²) in [5, 5.41) is 0. The summed E-state index contributed by atoms with van der Waals surface area (Å²) < 4.78 is 4.61. The molecular weight excluding hydrogens is 212 g/mol. The van der Waals surface area contributed by atoms with Crippen LogP contribution in [0.4, 0.5) is 0 Å². The van der Waals surface area contributed by atoms with Crippen LogP contribution in [0.3, 0.4) is 0 Å². The Labute approximate surface area is 103 Å². The van der Waals surface area contributed by atoms with E-state index in [1.54, 1.807) is 0 Å². The Hall–Kier alpha value is -1.57. The number of hydrogen-bond acceptors (Lipinski definition) is 2. The van der Waals surface area contributed by atoms with E-state index in [2.05, 4.69) is 42.8 Å². The molecule has 1 rings (SSSR count). The van der Waals surface area contributed by atoms with E-state index in [4.69, 9.17) is 0 Å².